The molecular formula is C19H12Cl2N2O2. The van der Waals surface area contributed by atoms with Crippen LogP contribution in [0, 0.1) is 25.2 Å². The molecule has 3 aromatic rings. The Hall–Kier alpha value is -2.61. The Morgan fingerprint density at radius 1 is 1.20 bits per heavy atom. The first-order chi connectivity index (χ1) is 11.9. The number of nitrogens with zero attached hydrogens (tertiary/aromatic N) is 2. The highest BCUT2D eigenvalue weighted by Crippen LogP contribution is 2.31. The number of aryl methyl sites for hydroxylation is 2. The quantitative estimate of drug-likeness (QED) is 0.600. The fourth-order valence-electron chi connectivity index (χ4n) is 2.93. The van der Waals surface area contributed by atoms with Gasteiger partial charge in [0, 0.05) is 17.1 Å². The largest absolute Gasteiger partial charge is 0.298 e. The molecule has 0 bridgehead atoms. The Bertz CT molecular complexity index is 1090. The number of aromatic nitrogens is 1. The maximum atomic E-state index is 13.1. The zero-order valence-corrected chi connectivity index (χ0v) is 14.9. The minimum absolute atomic E-state index is 0.0262. The number of carbonyl (C=O) groups excluding carboxylic acids is 2. The lowest BCUT2D eigenvalue weighted by atomic mass is 10.1. The summed E-state index contributed by atoms with van der Waals surface area (Å²) < 4.78 is 1.46. The lowest BCUT2D eigenvalue weighted by Crippen LogP contribution is -2.13. The molecule has 25 heavy (non-hydrogen) atoms. The highest BCUT2D eigenvalue weighted by molar-refractivity contribution is 6.41. The van der Waals surface area contributed by atoms with Gasteiger partial charge in [-0.15, -0.1) is 0 Å². The molecule has 4 nitrogen and oxygen atoms in total. The monoisotopic (exact) mass is 370 g/mol. The molecule has 2 aromatic carbocycles. The van der Waals surface area contributed by atoms with Crippen molar-refractivity contribution in [3.05, 3.63) is 68.3 Å². The molecule has 0 radical (unpaired) electrons. The second kappa shape index (κ2) is 6.36. The molecule has 0 amide bonds. The van der Waals surface area contributed by atoms with Crippen LogP contribution in [0.3, 0.4) is 0 Å². The van der Waals surface area contributed by atoms with Crippen LogP contribution in [-0.2, 0) is 0 Å². The van der Waals surface area contributed by atoms with Gasteiger partial charge in [-0.2, -0.15) is 5.26 Å². The van der Waals surface area contributed by atoms with E-state index >= 15 is 0 Å². The van der Waals surface area contributed by atoms with Crippen molar-refractivity contribution in [3.8, 4) is 6.07 Å². The highest BCUT2D eigenvalue weighted by atomic mass is 35.5. The Morgan fingerprint density at radius 2 is 1.92 bits per heavy atom. The fourth-order valence-corrected chi connectivity index (χ4v) is 3.51. The van der Waals surface area contributed by atoms with Crippen LogP contribution in [0.15, 0.2) is 30.5 Å². The molecule has 6 heteroatoms. The van der Waals surface area contributed by atoms with Gasteiger partial charge in [-0.05, 0) is 49.2 Å². The third-order valence-electron chi connectivity index (χ3n) is 4.10. The summed E-state index contributed by atoms with van der Waals surface area (Å²) in [5.74, 6) is -0.426. The first-order valence-electron chi connectivity index (χ1n) is 7.39. The molecule has 0 N–H and O–H groups in total. The Morgan fingerprint density at radius 3 is 2.56 bits per heavy atom. The lowest BCUT2D eigenvalue weighted by Gasteiger charge is -2.11. The van der Waals surface area contributed by atoms with E-state index in [0.29, 0.717) is 17.4 Å². The number of aldehydes is 1. The lowest BCUT2D eigenvalue weighted by molar-refractivity contribution is 0.0965. The number of halogens is 2. The normalized spacial score (nSPS) is 10.7. The molecule has 0 unspecified atom stereocenters. The van der Waals surface area contributed by atoms with E-state index in [1.165, 1.54) is 16.7 Å². The zero-order chi connectivity index (χ0) is 18.3. The van der Waals surface area contributed by atoms with Gasteiger partial charge >= 0.3 is 0 Å². The summed E-state index contributed by atoms with van der Waals surface area (Å²) in [5, 5.41) is 10.2. The molecule has 0 spiro atoms. The number of nitriles is 1. The van der Waals surface area contributed by atoms with Gasteiger partial charge in [0.2, 0.25) is 0 Å². The summed E-state index contributed by atoms with van der Waals surface area (Å²) in [5.41, 5.74) is 3.12. The van der Waals surface area contributed by atoms with E-state index in [9.17, 15) is 9.59 Å². The predicted octanol–water partition coefficient (Wildman–Crippen LogP) is 4.94. The van der Waals surface area contributed by atoms with E-state index < -0.39 is 5.91 Å². The maximum Gasteiger partial charge on any atom is 0.265 e. The summed E-state index contributed by atoms with van der Waals surface area (Å²) in [6.45, 7) is 3.69. The van der Waals surface area contributed by atoms with Gasteiger partial charge in [-0.3, -0.25) is 14.2 Å². The van der Waals surface area contributed by atoms with Gasteiger partial charge < -0.3 is 0 Å². The Balaban J connectivity index is 2.30. The van der Waals surface area contributed by atoms with Crippen molar-refractivity contribution in [2.24, 2.45) is 0 Å². The molecule has 0 fully saturated rings. The van der Waals surface area contributed by atoms with Gasteiger partial charge in [-0.25, -0.2) is 0 Å². The first-order valence-corrected chi connectivity index (χ1v) is 8.15. The van der Waals surface area contributed by atoms with E-state index in [1.54, 1.807) is 18.3 Å². The summed E-state index contributed by atoms with van der Waals surface area (Å²) in [6.07, 6.45) is 2.26. The molecule has 1 aromatic heterocycles. The van der Waals surface area contributed by atoms with Crippen LogP contribution in [0.2, 0.25) is 10.0 Å². The van der Waals surface area contributed by atoms with Crippen LogP contribution in [0.4, 0.5) is 0 Å². The molecule has 1 heterocycles. The van der Waals surface area contributed by atoms with Crippen LogP contribution in [0.1, 0.15) is 37.4 Å². The minimum Gasteiger partial charge on any atom is -0.298 e. The van der Waals surface area contributed by atoms with Crippen LogP contribution >= 0.6 is 23.2 Å². The standard InChI is InChI=1S/C19H12Cl2N2O2/c1-10-5-12(7-22)6-14-11(2)8-23(18(10)14)19(25)16-15(20)4-3-13(9-24)17(16)21/h3-6,8-9H,1-2H3. The van der Waals surface area contributed by atoms with Gasteiger partial charge in [0.1, 0.15) is 0 Å². The zero-order valence-electron chi connectivity index (χ0n) is 13.4. The van der Waals surface area contributed by atoms with E-state index in [4.69, 9.17) is 28.5 Å². The Kier molecular flexibility index (Phi) is 4.38. The van der Waals surface area contributed by atoms with Gasteiger partial charge in [0.05, 0.1) is 32.8 Å². The third kappa shape index (κ3) is 2.72. The Labute approximate surface area is 154 Å². The molecule has 0 aliphatic carbocycles. The molecule has 3 rings (SSSR count). The molecule has 0 aliphatic rings. The molecular weight excluding hydrogens is 359 g/mol. The maximum absolute atomic E-state index is 13.1. The van der Waals surface area contributed by atoms with Gasteiger partial charge in [0.25, 0.3) is 5.91 Å². The molecule has 0 atom stereocenters. The summed E-state index contributed by atoms with van der Waals surface area (Å²) in [4.78, 5) is 24.2. The van der Waals surface area contributed by atoms with Crippen LogP contribution in [-0.4, -0.2) is 16.8 Å². The van der Waals surface area contributed by atoms with Gasteiger partial charge in [0.15, 0.2) is 6.29 Å². The second-order valence-electron chi connectivity index (χ2n) is 5.73. The van der Waals surface area contributed by atoms with E-state index in [1.807, 2.05) is 13.8 Å². The summed E-state index contributed by atoms with van der Waals surface area (Å²) >= 11 is 12.4. The van der Waals surface area contributed by atoms with Crippen LogP contribution in [0.5, 0.6) is 0 Å². The van der Waals surface area contributed by atoms with E-state index in [0.717, 1.165) is 16.5 Å². The van der Waals surface area contributed by atoms with Crippen molar-refractivity contribution in [2.75, 3.05) is 0 Å². The number of carbonyl (C=O) groups is 2. The van der Waals surface area contributed by atoms with Crippen molar-refractivity contribution in [3.63, 3.8) is 0 Å². The average molecular weight is 371 g/mol. The number of fused-ring (bicyclic) bond motifs is 1. The molecule has 0 saturated heterocycles. The van der Waals surface area contributed by atoms with E-state index in [2.05, 4.69) is 6.07 Å². The molecule has 0 saturated carbocycles. The SMILES string of the molecule is Cc1cn(C(=O)c2c(Cl)ccc(C=O)c2Cl)c2c(C)cc(C#N)cc12. The summed E-state index contributed by atoms with van der Waals surface area (Å²) in [6, 6.07) is 8.52. The van der Waals surface area contributed by atoms with Crippen molar-refractivity contribution in [1.29, 1.82) is 5.26 Å². The molecule has 0 aliphatic heterocycles. The smallest absolute Gasteiger partial charge is 0.265 e. The third-order valence-corrected chi connectivity index (χ3v) is 4.82. The van der Waals surface area contributed by atoms with Crippen molar-refractivity contribution >= 4 is 46.3 Å². The number of rotatable bonds is 2. The topological polar surface area (TPSA) is 62.9 Å². The highest BCUT2D eigenvalue weighted by Gasteiger charge is 2.22. The number of hydrogen-bond donors (Lipinski definition) is 0. The van der Waals surface area contributed by atoms with Crippen LogP contribution in [0.25, 0.3) is 10.9 Å². The second-order valence-corrected chi connectivity index (χ2v) is 6.52. The van der Waals surface area contributed by atoms with Gasteiger partial charge in [-0.1, -0.05) is 23.2 Å². The van der Waals surface area contributed by atoms with Crippen molar-refractivity contribution in [1.82, 2.24) is 4.57 Å². The van der Waals surface area contributed by atoms with Crippen molar-refractivity contribution in [2.45, 2.75) is 13.8 Å². The fraction of sp³-hybridized carbons (Fsp3) is 0.105. The van der Waals surface area contributed by atoms with Crippen molar-refractivity contribution < 1.29 is 9.59 Å². The van der Waals surface area contributed by atoms with E-state index in [-0.39, 0.29) is 21.2 Å². The minimum atomic E-state index is -0.426. The first kappa shape index (κ1) is 17.2. The molecule has 124 valence electrons. The predicted molar refractivity (Wildman–Crippen MR) is 97.7 cm³/mol. The van der Waals surface area contributed by atoms with Crippen LogP contribution < -0.4 is 0 Å². The number of benzene rings is 2. The average Bonchev–Trinajstić information content (AvgIpc) is 2.92. The number of hydrogen-bond acceptors (Lipinski definition) is 3. The summed E-state index contributed by atoms with van der Waals surface area (Å²) in [7, 11) is 0.